The van der Waals surface area contributed by atoms with E-state index in [1.54, 1.807) is 29.2 Å². The summed E-state index contributed by atoms with van der Waals surface area (Å²) in [7, 11) is 0. The first-order valence-electron chi connectivity index (χ1n) is 8.21. The van der Waals surface area contributed by atoms with Gasteiger partial charge in [-0.2, -0.15) is 5.10 Å². The van der Waals surface area contributed by atoms with Gasteiger partial charge in [0.05, 0.1) is 17.9 Å². The third kappa shape index (κ3) is 2.69. The summed E-state index contributed by atoms with van der Waals surface area (Å²) in [6, 6.07) is 11.9. The summed E-state index contributed by atoms with van der Waals surface area (Å²) in [5.41, 5.74) is 3.76. The van der Waals surface area contributed by atoms with E-state index in [-0.39, 0.29) is 5.82 Å². The minimum atomic E-state index is -0.326. The number of rotatable bonds is 0. The van der Waals surface area contributed by atoms with Crippen molar-refractivity contribution < 1.29 is 4.39 Å². The summed E-state index contributed by atoms with van der Waals surface area (Å²) >= 11 is 6.02. The Hall–Kier alpha value is -3.43. The largest absolute Gasteiger partial charge is 0.299 e. The highest BCUT2D eigenvalue weighted by molar-refractivity contribution is 6.30. The first-order chi connectivity index (χ1) is 13.2. The number of benzene rings is 2. The number of nitrogens with zero attached hydrogens (tertiary/aromatic N) is 5. The van der Waals surface area contributed by atoms with Gasteiger partial charge in [0.25, 0.3) is 0 Å². The molecule has 2 aromatic heterocycles. The van der Waals surface area contributed by atoms with Gasteiger partial charge in [-0.25, -0.2) is 19.0 Å². The number of hydrogen-bond acceptors (Lipinski definition) is 3. The molecule has 2 aromatic carbocycles. The van der Waals surface area contributed by atoms with Crippen LogP contribution >= 0.6 is 11.6 Å². The van der Waals surface area contributed by atoms with Crippen LogP contribution in [0.3, 0.4) is 0 Å². The fraction of sp³-hybridized carbons (Fsp3) is 0.0500. The fourth-order valence-corrected chi connectivity index (χ4v) is 3.35. The molecule has 0 N–H and O–H groups in total. The zero-order valence-electron chi connectivity index (χ0n) is 13.9. The molecule has 0 spiro atoms. The Morgan fingerprint density at radius 3 is 2.89 bits per heavy atom. The molecule has 0 bridgehead atoms. The Labute approximate surface area is 159 Å². The molecule has 4 aromatic rings. The van der Waals surface area contributed by atoms with Crippen molar-refractivity contribution in [1.82, 2.24) is 24.3 Å². The maximum absolute atomic E-state index is 13.8. The predicted molar refractivity (Wildman–Crippen MR) is 99.1 cm³/mol. The average Bonchev–Trinajstić information content (AvgIpc) is 3.25. The highest BCUT2D eigenvalue weighted by atomic mass is 35.5. The maximum Gasteiger partial charge on any atom is 0.160 e. The van der Waals surface area contributed by atoms with Gasteiger partial charge in [0.15, 0.2) is 5.82 Å². The molecule has 0 saturated carbocycles. The van der Waals surface area contributed by atoms with Gasteiger partial charge in [-0.05, 0) is 42.3 Å². The van der Waals surface area contributed by atoms with Crippen LogP contribution in [0.25, 0.3) is 17.1 Å². The van der Waals surface area contributed by atoms with Crippen LogP contribution < -0.4 is 0 Å². The lowest BCUT2D eigenvalue weighted by Crippen LogP contribution is -2.05. The molecular weight excluding hydrogens is 365 g/mol. The van der Waals surface area contributed by atoms with Crippen molar-refractivity contribution in [3.05, 3.63) is 82.9 Å². The molecule has 1 aliphatic rings. The van der Waals surface area contributed by atoms with E-state index in [9.17, 15) is 4.39 Å². The van der Waals surface area contributed by atoms with Crippen LogP contribution in [0, 0.1) is 17.7 Å². The molecule has 0 atom stereocenters. The van der Waals surface area contributed by atoms with Crippen LogP contribution in [0.2, 0.25) is 5.02 Å². The second-order valence-corrected chi connectivity index (χ2v) is 6.51. The van der Waals surface area contributed by atoms with E-state index in [4.69, 9.17) is 11.6 Å². The van der Waals surface area contributed by atoms with E-state index in [0.717, 1.165) is 16.9 Å². The van der Waals surface area contributed by atoms with Crippen molar-refractivity contribution >= 4 is 11.6 Å². The monoisotopic (exact) mass is 375 g/mol. The van der Waals surface area contributed by atoms with Gasteiger partial charge in [-0.1, -0.05) is 23.6 Å². The van der Waals surface area contributed by atoms with Crippen molar-refractivity contribution in [2.45, 2.75) is 6.54 Å². The second kappa shape index (κ2) is 6.08. The van der Waals surface area contributed by atoms with Crippen LogP contribution in [-0.4, -0.2) is 24.3 Å². The van der Waals surface area contributed by atoms with E-state index in [1.807, 2.05) is 16.7 Å². The third-order valence-electron chi connectivity index (χ3n) is 4.39. The fourth-order valence-electron chi connectivity index (χ4n) is 3.16. The molecular formula is C20H11ClFN5. The number of aromatic nitrogens is 5. The van der Waals surface area contributed by atoms with Gasteiger partial charge >= 0.3 is 0 Å². The van der Waals surface area contributed by atoms with Crippen LogP contribution in [0.15, 0.2) is 55.1 Å². The molecule has 0 unspecified atom stereocenters. The molecule has 5 rings (SSSR count). The molecule has 0 aliphatic carbocycles. The molecule has 0 saturated heterocycles. The van der Waals surface area contributed by atoms with E-state index < -0.39 is 0 Å². The lowest BCUT2D eigenvalue weighted by atomic mass is 10.1. The third-order valence-corrected chi connectivity index (χ3v) is 4.63. The second-order valence-electron chi connectivity index (χ2n) is 6.07. The zero-order chi connectivity index (χ0) is 18.4. The molecule has 1 aliphatic heterocycles. The van der Waals surface area contributed by atoms with E-state index in [2.05, 4.69) is 26.9 Å². The Morgan fingerprint density at radius 2 is 2.00 bits per heavy atom. The minimum Gasteiger partial charge on any atom is -0.299 e. The number of hydrogen-bond donors (Lipinski definition) is 0. The average molecular weight is 376 g/mol. The molecule has 3 heterocycles. The van der Waals surface area contributed by atoms with Crippen LogP contribution in [0.5, 0.6) is 0 Å². The number of fused-ring (bicyclic) bond motifs is 5. The van der Waals surface area contributed by atoms with Crippen molar-refractivity contribution in [1.29, 1.82) is 0 Å². The van der Waals surface area contributed by atoms with E-state index >= 15 is 0 Å². The van der Waals surface area contributed by atoms with Gasteiger partial charge < -0.3 is 0 Å². The predicted octanol–water partition coefficient (Wildman–Crippen LogP) is 3.68. The lowest BCUT2D eigenvalue weighted by molar-refractivity contribution is 0.627. The summed E-state index contributed by atoms with van der Waals surface area (Å²) in [5, 5.41) is 4.90. The summed E-state index contributed by atoms with van der Waals surface area (Å²) < 4.78 is 17.5. The van der Waals surface area contributed by atoms with Crippen LogP contribution in [-0.2, 0) is 6.54 Å². The maximum atomic E-state index is 13.8. The highest BCUT2D eigenvalue weighted by Crippen LogP contribution is 2.31. The smallest absolute Gasteiger partial charge is 0.160 e. The molecule has 0 fully saturated rings. The first-order valence-corrected chi connectivity index (χ1v) is 8.59. The Bertz CT molecular complexity index is 1240. The number of imidazole rings is 1. The molecule has 27 heavy (non-hydrogen) atoms. The molecule has 0 radical (unpaired) electrons. The topological polar surface area (TPSA) is 48.5 Å². The van der Waals surface area contributed by atoms with Crippen LogP contribution in [0.4, 0.5) is 4.39 Å². The van der Waals surface area contributed by atoms with Gasteiger partial charge in [-0.3, -0.25) is 4.57 Å². The van der Waals surface area contributed by atoms with E-state index in [1.165, 1.54) is 18.5 Å². The Morgan fingerprint density at radius 1 is 1.07 bits per heavy atom. The first kappa shape index (κ1) is 15.8. The summed E-state index contributed by atoms with van der Waals surface area (Å²) in [6.07, 6.45) is 3.16. The quantitative estimate of drug-likeness (QED) is 0.388. The standard InChI is InChI=1S/C20H11ClFN5/c21-14-3-1-2-13(8-14)4-6-17-19-10-27-20(23-11-25-27)16-9-15(22)5-7-18(16)26(19)12-24-17/h1-3,5,7-9,11-12H,10H2. The van der Waals surface area contributed by atoms with Crippen molar-refractivity contribution in [2.24, 2.45) is 0 Å². The van der Waals surface area contributed by atoms with Gasteiger partial charge in [0.2, 0.25) is 0 Å². The molecule has 130 valence electrons. The van der Waals surface area contributed by atoms with Gasteiger partial charge in [0, 0.05) is 16.1 Å². The van der Waals surface area contributed by atoms with Crippen LogP contribution in [0.1, 0.15) is 17.0 Å². The SMILES string of the molecule is Fc1ccc2c(c1)-c1ncnn1Cc1c(C#Cc3cccc(Cl)c3)ncn1-2. The molecule has 0 amide bonds. The lowest BCUT2D eigenvalue weighted by Gasteiger charge is -2.07. The molecule has 7 heteroatoms. The minimum absolute atomic E-state index is 0.326. The van der Waals surface area contributed by atoms with Gasteiger partial charge in [-0.15, -0.1) is 0 Å². The highest BCUT2D eigenvalue weighted by Gasteiger charge is 2.23. The summed E-state index contributed by atoms with van der Waals surface area (Å²) in [6.45, 7) is 0.436. The zero-order valence-corrected chi connectivity index (χ0v) is 14.7. The van der Waals surface area contributed by atoms with Crippen molar-refractivity contribution in [3.63, 3.8) is 0 Å². The normalized spacial score (nSPS) is 11.6. The summed E-state index contributed by atoms with van der Waals surface area (Å²) in [5.74, 6) is 6.49. The molecule has 5 nitrogen and oxygen atoms in total. The Balaban J connectivity index is 1.67. The van der Waals surface area contributed by atoms with Crippen molar-refractivity contribution in [3.8, 4) is 28.9 Å². The Kier molecular flexibility index (Phi) is 3.56. The summed E-state index contributed by atoms with van der Waals surface area (Å²) in [4.78, 5) is 8.75. The van der Waals surface area contributed by atoms with E-state index in [0.29, 0.717) is 28.6 Å². The number of halogens is 2. The van der Waals surface area contributed by atoms with Crippen molar-refractivity contribution in [2.75, 3.05) is 0 Å². The van der Waals surface area contributed by atoms with Gasteiger partial charge in [0.1, 0.15) is 24.2 Å².